The van der Waals surface area contributed by atoms with Gasteiger partial charge in [-0.15, -0.1) is 0 Å². The lowest BCUT2D eigenvalue weighted by Crippen LogP contribution is -2.28. The van der Waals surface area contributed by atoms with E-state index in [0.717, 1.165) is 16.7 Å². The minimum Gasteiger partial charge on any atom is -0.268 e. The second-order valence-corrected chi connectivity index (χ2v) is 7.10. The Kier molecular flexibility index (Phi) is 5.91. The van der Waals surface area contributed by atoms with Crippen molar-refractivity contribution in [1.82, 2.24) is 4.90 Å². The molecule has 3 rings (SSSR count). The van der Waals surface area contributed by atoms with Gasteiger partial charge in [-0.3, -0.25) is 24.6 Å². The predicted molar refractivity (Wildman–Crippen MR) is 105 cm³/mol. The van der Waals surface area contributed by atoms with Crippen LogP contribution in [0.25, 0.3) is 6.08 Å². The maximum absolute atomic E-state index is 13.9. The summed E-state index contributed by atoms with van der Waals surface area (Å²) in [5.41, 5.74) is 0.749. The van der Waals surface area contributed by atoms with Gasteiger partial charge < -0.3 is 0 Å². The highest BCUT2D eigenvalue weighted by Gasteiger charge is 2.35. The number of non-ortho nitro benzene ring substituents is 1. The number of carbonyl (C=O) groups excluding carboxylic acids is 2. The van der Waals surface area contributed by atoms with E-state index in [1.807, 2.05) is 0 Å². The molecule has 0 spiro atoms. The van der Waals surface area contributed by atoms with Crippen LogP contribution in [0.1, 0.15) is 11.1 Å². The summed E-state index contributed by atoms with van der Waals surface area (Å²) in [6.07, 6.45) is 4.68. The van der Waals surface area contributed by atoms with E-state index in [-0.39, 0.29) is 27.7 Å². The summed E-state index contributed by atoms with van der Waals surface area (Å²) in [7, 11) is 0. The van der Waals surface area contributed by atoms with Crippen LogP contribution >= 0.6 is 23.4 Å². The molecule has 1 aliphatic heterocycles. The zero-order valence-electron chi connectivity index (χ0n) is 14.2. The molecule has 2 aromatic carbocycles. The van der Waals surface area contributed by atoms with Crippen LogP contribution in [0.2, 0.25) is 5.02 Å². The summed E-state index contributed by atoms with van der Waals surface area (Å²) >= 11 is 6.70. The molecule has 0 aromatic heterocycles. The van der Waals surface area contributed by atoms with Gasteiger partial charge in [0.1, 0.15) is 5.82 Å². The van der Waals surface area contributed by atoms with Crippen LogP contribution in [0, 0.1) is 15.9 Å². The highest BCUT2D eigenvalue weighted by Crippen LogP contribution is 2.33. The van der Waals surface area contributed by atoms with Gasteiger partial charge in [0.25, 0.3) is 16.8 Å². The predicted octanol–water partition coefficient (Wildman–Crippen LogP) is 5.18. The molecule has 0 bridgehead atoms. The monoisotopic (exact) mass is 418 g/mol. The van der Waals surface area contributed by atoms with Crippen molar-refractivity contribution >= 4 is 46.3 Å². The summed E-state index contributed by atoms with van der Waals surface area (Å²) in [4.78, 5) is 35.8. The zero-order valence-corrected chi connectivity index (χ0v) is 15.7. The first-order chi connectivity index (χ1) is 13.4. The Labute approximate surface area is 168 Å². The van der Waals surface area contributed by atoms with Crippen molar-refractivity contribution in [2.24, 2.45) is 0 Å². The van der Waals surface area contributed by atoms with Gasteiger partial charge in [0.15, 0.2) is 0 Å². The van der Waals surface area contributed by atoms with Gasteiger partial charge in [-0.05, 0) is 47.7 Å². The van der Waals surface area contributed by atoms with Gasteiger partial charge in [-0.2, -0.15) is 0 Å². The number of thioether (sulfide) groups is 1. The van der Waals surface area contributed by atoms with Gasteiger partial charge in [-0.1, -0.05) is 29.8 Å². The number of nitrogens with zero attached hydrogens (tertiary/aromatic N) is 2. The normalized spacial score (nSPS) is 15.8. The van der Waals surface area contributed by atoms with E-state index in [2.05, 4.69) is 0 Å². The number of carbonyl (C=O) groups is 2. The molecule has 0 N–H and O–H groups in total. The zero-order chi connectivity index (χ0) is 20.3. The Balaban J connectivity index is 1.73. The van der Waals surface area contributed by atoms with Crippen molar-refractivity contribution in [3.05, 3.63) is 91.6 Å². The van der Waals surface area contributed by atoms with Crippen molar-refractivity contribution in [2.75, 3.05) is 0 Å². The minimum atomic E-state index is -0.589. The standard InChI is InChI=1S/C19H12ClFN2O4S/c20-15-4-2-5-16(21)14(15)11-22-18(24)17(28-19(22)25)6-1-3-12-7-9-13(10-8-12)23(26)27/h1-10H,11H2/b3-1+,17-6-. The van der Waals surface area contributed by atoms with Gasteiger partial charge in [0.05, 0.1) is 16.4 Å². The van der Waals surface area contributed by atoms with E-state index < -0.39 is 21.9 Å². The number of benzene rings is 2. The lowest BCUT2D eigenvalue weighted by atomic mass is 10.2. The summed E-state index contributed by atoms with van der Waals surface area (Å²) in [5.74, 6) is -1.13. The van der Waals surface area contributed by atoms with E-state index in [9.17, 15) is 24.1 Å². The molecule has 0 atom stereocenters. The summed E-state index contributed by atoms with van der Waals surface area (Å²) in [6, 6.07) is 10.0. The number of hydrogen-bond donors (Lipinski definition) is 0. The molecule has 1 fully saturated rings. The largest absolute Gasteiger partial charge is 0.293 e. The second kappa shape index (κ2) is 8.37. The first-order valence-corrected chi connectivity index (χ1v) is 9.15. The van der Waals surface area contributed by atoms with Crippen molar-refractivity contribution in [1.29, 1.82) is 0 Å². The average Bonchev–Trinajstić information content (AvgIpc) is 2.92. The summed E-state index contributed by atoms with van der Waals surface area (Å²) in [6.45, 7) is -0.250. The number of allylic oxidation sites excluding steroid dienone is 2. The third-order valence-corrected chi connectivity index (χ3v) is 5.17. The van der Waals surface area contributed by atoms with Crippen LogP contribution < -0.4 is 0 Å². The van der Waals surface area contributed by atoms with Crippen molar-refractivity contribution in [3.8, 4) is 0 Å². The molecule has 0 aliphatic carbocycles. The molecule has 142 valence electrons. The summed E-state index contributed by atoms with van der Waals surface area (Å²) in [5, 5.41) is 10.3. The summed E-state index contributed by atoms with van der Waals surface area (Å²) < 4.78 is 13.9. The smallest absolute Gasteiger partial charge is 0.268 e. The number of nitro benzene ring substituents is 1. The van der Waals surface area contributed by atoms with Crippen LogP contribution in [0.4, 0.5) is 14.9 Å². The molecule has 6 nitrogen and oxygen atoms in total. The van der Waals surface area contributed by atoms with Crippen LogP contribution in [-0.2, 0) is 11.3 Å². The van der Waals surface area contributed by atoms with Crippen molar-refractivity contribution in [3.63, 3.8) is 0 Å². The molecule has 0 saturated carbocycles. The topological polar surface area (TPSA) is 80.5 Å². The van der Waals surface area contributed by atoms with Crippen LogP contribution in [0.15, 0.2) is 59.5 Å². The Morgan fingerprint density at radius 2 is 1.89 bits per heavy atom. The van der Waals surface area contributed by atoms with E-state index in [1.165, 1.54) is 36.4 Å². The van der Waals surface area contributed by atoms with Gasteiger partial charge >= 0.3 is 0 Å². The van der Waals surface area contributed by atoms with E-state index in [0.29, 0.717) is 5.56 Å². The maximum atomic E-state index is 13.9. The molecule has 2 amide bonds. The fourth-order valence-electron chi connectivity index (χ4n) is 2.45. The van der Waals surface area contributed by atoms with Crippen molar-refractivity contribution < 1.29 is 18.9 Å². The molecule has 0 unspecified atom stereocenters. The number of rotatable bonds is 5. The Hall–Kier alpha value is -2.97. The lowest BCUT2D eigenvalue weighted by Gasteiger charge is -2.14. The highest BCUT2D eigenvalue weighted by atomic mass is 35.5. The Bertz CT molecular complexity index is 1000. The van der Waals surface area contributed by atoms with E-state index >= 15 is 0 Å². The number of amides is 2. The second-order valence-electron chi connectivity index (χ2n) is 5.70. The van der Waals surface area contributed by atoms with E-state index in [4.69, 9.17) is 11.6 Å². The molecule has 1 saturated heterocycles. The Morgan fingerprint density at radius 1 is 1.18 bits per heavy atom. The third-order valence-electron chi connectivity index (χ3n) is 3.89. The van der Waals surface area contributed by atoms with Gasteiger partial charge in [0.2, 0.25) is 0 Å². The average molecular weight is 419 g/mol. The SMILES string of the molecule is O=C1S/C(=C\C=C\c2ccc([N+](=O)[O-])cc2)C(=O)N1Cc1c(F)cccc1Cl. The molecule has 9 heteroatoms. The Morgan fingerprint density at radius 3 is 2.54 bits per heavy atom. The molecule has 1 aliphatic rings. The fraction of sp³-hybridized carbons (Fsp3) is 0.0526. The molecule has 2 aromatic rings. The van der Waals surface area contributed by atoms with Crippen LogP contribution in [0.5, 0.6) is 0 Å². The number of hydrogen-bond acceptors (Lipinski definition) is 5. The van der Waals surface area contributed by atoms with Crippen LogP contribution in [0.3, 0.4) is 0 Å². The third kappa shape index (κ3) is 4.29. The van der Waals surface area contributed by atoms with Gasteiger partial charge in [0, 0.05) is 22.7 Å². The molecule has 1 heterocycles. The molecule has 0 radical (unpaired) electrons. The number of nitro groups is 1. The quantitative estimate of drug-likeness (QED) is 0.379. The maximum Gasteiger partial charge on any atom is 0.293 e. The molecular formula is C19H12ClFN2O4S. The van der Waals surface area contributed by atoms with E-state index in [1.54, 1.807) is 24.3 Å². The lowest BCUT2D eigenvalue weighted by molar-refractivity contribution is -0.384. The number of imide groups is 1. The number of halogens is 2. The molecule has 28 heavy (non-hydrogen) atoms. The minimum absolute atomic E-state index is 0.0231. The van der Waals surface area contributed by atoms with Gasteiger partial charge in [-0.25, -0.2) is 4.39 Å². The highest BCUT2D eigenvalue weighted by molar-refractivity contribution is 8.18. The molecular weight excluding hydrogens is 407 g/mol. The van der Waals surface area contributed by atoms with Crippen molar-refractivity contribution in [2.45, 2.75) is 6.54 Å². The fourth-order valence-corrected chi connectivity index (χ4v) is 3.46. The first-order valence-electron chi connectivity index (χ1n) is 7.96. The van der Waals surface area contributed by atoms with Crippen LogP contribution in [-0.4, -0.2) is 21.0 Å². The first kappa shape index (κ1) is 19.8.